The van der Waals surface area contributed by atoms with E-state index in [0.717, 1.165) is 38.5 Å². The molecule has 6 nitrogen and oxygen atoms in total. The highest BCUT2D eigenvalue weighted by Gasteiger charge is 2.30. The average molecular weight is 308 g/mol. The minimum Gasteiger partial charge on any atom is -0.350 e. The molecule has 1 aliphatic heterocycles. The van der Waals surface area contributed by atoms with Crippen molar-refractivity contribution in [3.63, 3.8) is 0 Å². The fourth-order valence-corrected chi connectivity index (χ4v) is 4.06. The molecule has 4 atom stereocenters. The minimum atomic E-state index is 0.0519. The van der Waals surface area contributed by atoms with Gasteiger partial charge in [0.15, 0.2) is 0 Å². The van der Waals surface area contributed by atoms with Crippen LogP contribution in [0.3, 0.4) is 0 Å². The van der Waals surface area contributed by atoms with Gasteiger partial charge in [-0.05, 0) is 25.7 Å². The van der Waals surface area contributed by atoms with E-state index in [4.69, 9.17) is 0 Å². The fraction of sp³-hybridized carbons (Fsp3) is 0.875. The molecule has 0 aromatic rings. The molecule has 0 aromatic heterocycles. The van der Waals surface area contributed by atoms with Gasteiger partial charge in [-0.2, -0.15) is 0 Å². The van der Waals surface area contributed by atoms with Crippen LogP contribution in [0, 0.1) is 0 Å². The Bertz CT molecular complexity index is 377. The van der Waals surface area contributed by atoms with Crippen LogP contribution in [0.1, 0.15) is 51.4 Å². The number of hydrogen-bond donors (Lipinski definition) is 4. The van der Waals surface area contributed by atoms with Crippen molar-refractivity contribution in [3.05, 3.63) is 0 Å². The van der Waals surface area contributed by atoms with E-state index in [-0.39, 0.29) is 36.0 Å². The number of amides is 2. The first kappa shape index (κ1) is 15.7. The summed E-state index contributed by atoms with van der Waals surface area (Å²) in [4.78, 5) is 24.4. The monoisotopic (exact) mass is 308 g/mol. The van der Waals surface area contributed by atoms with Gasteiger partial charge in [0.1, 0.15) is 0 Å². The Morgan fingerprint density at radius 3 is 1.36 bits per heavy atom. The van der Waals surface area contributed by atoms with Crippen molar-refractivity contribution in [1.82, 2.24) is 21.3 Å². The van der Waals surface area contributed by atoms with Gasteiger partial charge in [0, 0.05) is 24.2 Å². The number of rotatable bonds is 0. The molecule has 2 amide bonds. The van der Waals surface area contributed by atoms with Crippen LogP contribution in [0.2, 0.25) is 0 Å². The Balaban J connectivity index is 1.68. The first-order chi connectivity index (χ1) is 10.7. The number of fused-ring (bicyclic) bond motifs is 2. The fourth-order valence-electron chi connectivity index (χ4n) is 4.06. The van der Waals surface area contributed by atoms with Gasteiger partial charge in [0.25, 0.3) is 0 Å². The highest BCUT2D eigenvalue weighted by molar-refractivity contribution is 5.80. The van der Waals surface area contributed by atoms with Gasteiger partial charge in [-0.1, -0.05) is 25.7 Å². The van der Waals surface area contributed by atoms with Gasteiger partial charge in [0.05, 0.1) is 13.1 Å². The number of nitrogens with one attached hydrogen (secondary N) is 4. The maximum Gasteiger partial charge on any atom is 0.234 e. The molecular formula is C16H28N4O2. The van der Waals surface area contributed by atoms with E-state index >= 15 is 0 Å². The molecule has 124 valence electrons. The average Bonchev–Trinajstić information content (AvgIpc) is 2.52. The highest BCUT2D eigenvalue weighted by atomic mass is 16.2. The predicted octanol–water partition coefficient (Wildman–Crippen LogP) is 0.0340. The molecule has 1 heterocycles. The van der Waals surface area contributed by atoms with Gasteiger partial charge in [-0.3, -0.25) is 9.59 Å². The number of carbonyl (C=O) groups excluding carboxylic acids is 2. The summed E-state index contributed by atoms with van der Waals surface area (Å²) >= 11 is 0. The summed E-state index contributed by atoms with van der Waals surface area (Å²) in [5.74, 6) is 0.104. The van der Waals surface area contributed by atoms with E-state index < -0.39 is 0 Å². The second kappa shape index (κ2) is 7.42. The molecule has 3 aliphatic rings. The van der Waals surface area contributed by atoms with Crippen LogP contribution in [0.5, 0.6) is 0 Å². The SMILES string of the molecule is O=C1CNC2CCCCC2NCC(=O)NC2CCCCC2N1. The molecule has 1 saturated heterocycles. The van der Waals surface area contributed by atoms with Crippen molar-refractivity contribution in [2.75, 3.05) is 13.1 Å². The Morgan fingerprint density at radius 1 is 0.591 bits per heavy atom. The van der Waals surface area contributed by atoms with E-state index in [9.17, 15) is 9.59 Å². The van der Waals surface area contributed by atoms with E-state index in [1.54, 1.807) is 0 Å². The zero-order valence-corrected chi connectivity index (χ0v) is 13.2. The summed E-state index contributed by atoms with van der Waals surface area (Å²) in [5.41, 5.74) is 0. The van der Waals surface area contributed by atoms with Crippen molar-refractivity contribution in [1.29, 1.82) is 0 Å². The molecule has 0 spiro atoms. The summed E-state index contributed by atoms with van der Waals surface area (Å²) < 4.78 is 0. The third-order valence-electron chi connectivity index (χ3n) is 5.27. The smallest absolute Gasteiger partial charge is 0.234 e. The first-order valence-corrected chi connectivity index (χ1v) is 8.78. The Morgan fingerprint density at radius 2 is 0.955 bits per heavy atom. The maximum atomic E-state index is 12.2. The topological polar surface area (TPSA) is 82.3 Å². The molecule has 2 saturated carbocycles. The second-order valence-electron chi connectivity index (χ2n) is 6.89. The van der Waals surface area contributed by atoms with Crippen molar-refractivity contribution < 1.29 is 9.59 Å². The van der Waals surface area contributed by atoms with Crippen LogP contribution >= 0.6 is 0 Å². The zero-order chi connectivity index (χ0) is 15.4. The van der Waals surface area contributed by atoms with E-state index in [1.807, 2.05) is 0 Å². The van der Waals surface area contributed by atoms with Crippen LogP contribution in [0.25, 0.3) is 0 Å². The quantitative estimate of drug-likeness (QED) is 0.509. The molecule has 0 bridgehead atoms. The van der Waals surface area contributed by atoms with E-state index in [2.05, 4.69) is 21.3 Å². The standard InChI is InChI=1S/C16H28N4O2/c21-15-9-17-11-5-1-2-6-12(11)18-10-16(22)20-14-8-4-3-7-13(14)19-15/h11-14,17-18H,1-10H2,(H,19,21)(H,20,22). The molecule has 2 aliphatic carbocycles. The molecule has 3 rings (SSSR count). The first-order valence-electron chi connectivity index (χ1n) is 8.78. The van der Waals surface area contributed by atoms with Crippen LogP contribution in [0.4, 0.5) is 0 Å². The number of carbonyl (C=O) groups is 2. The largest absolute Gasteiger partial charge is 0.350 e. The van der Waals surface area contributed by atoms with Crippen molar-refractivity contribution in [2.45, 2.75) is 75.5 Å². The lowest BCUT2D eigenvalue weighted by molar-refractivity contribution is -0.124. The minimum absolute atomic E-state index is 0.0519. The van der Waals surface area contributed by atoms with Crippen molar-refractivity contribution in [3.8, 4) is 0 Å². The van der Waals surface area contributed by atoms with Crippen LogP contribution in [0.15, 0.2) is 0 Å². The van der Waals surface area contributed by atoms with E-state index in [0.29, 0.717) is 13.1 Å². The lowest BCUT2D eigenvalue weighted by atomic mass is 9.89. The van der Waals surface area contributed by atoms with Gasteiger partial charge in [-0.25, -0.2) is 0 Å². The van der Waals surface area contributed by atoms with Gasteiger partial charge in [0.2, 0.25) is 11.8 Å². The highest BCUT2D eigenvalue weighted by Crippen LogP contribution is 2.20. The molecule has 22 heavy (non-hydrogen) atoms. The lowest BCUT2D eigenvalue weighted by Gasteiger charge is -2.36. The zero-order valence-electron chi connectivity index (χ0n) is 13.2. The summed E-state index contributed by atoms with van der Waals surface area (Å²) in [6.45, 7) is 0.750. The van der Waals surface area contributed by atoms with Gasteiger partial charge >= 0.3 is 0 Å². The van der Waals surface area contributed by atoms with Crippen LogP contribution in [-0.4, -0.2) is 49.1 Å². The van der Waals surface area contributed by atoms with E-state index in [1.165, 1.54) is 12.8 Å². The molecule has 4 unspecified atom stereocenters. The summed E-state index contributed by atoms with van der Waals surface area (Å²) in [5, 5.41) is 13.0. The van der Waals surface area contributed by atoms with Crippen LogP contribution < -0.4 is 21.3 Å². The predicted molar refractivity (Wildman–Crippen MR) is 84.4 cm³/mol. The van der Waals surface area contributed by atoms with Crippen molar-refractivity contribution in [2.24, 2.45) is 0 Å². The summed E-state index contributed by atoms with van der Waals surface area (Å²) in [6.07, 6.45) is 8.66. The van der Waals surface area contributed by atoms with Crippen LogP contribution in [-0.2, 0) is 9.59 Å². The molecule has 3 fully saturated rings. The van der Waals surface area contributed by atoms with Gasteiger partial charge in [-0.15, -0.1) is 0 Å². The third-order valence-corrected chi connectivity index (χ3v) is 5.27. The molecule has 0 aromatic carbocycles. The third kappa shape index (κ3) is 3.98. The lowest BCUT2D eigenvalue weighted by Crippen LogP contribution is -2.59. The molecule has 6 heteroatoms. The number of hydrogen-bond acceptors (Lipinski definition) is 4. The molecule has 0 radical (unpaired) electrons. The summed E-state index contributed by atoms with van der Waals surface area (Å²) in [6, 6.07) is 0.727. The normalized spacial score (nSPS) is 37.6. The molecule has 4 N–H and O–H groups in total. The summed E-state index contributed by atoms with van der Waals surface area (Å²) in [7, 11) is 0. The Kier molecular flexibility index (Phi) is 5.31. The Hall–Kier alpha value is -1.14. The van der Waals surface area contributed by atoms with Crippen molar-refractivity contribution >= 4 is 11.8 Å². The molecular weight excluding hydrogens is 280 g/mol. The Labute approximate surface area is 132 Å². The maximum absolute atomic E-state index is 12.2. The van der Waals surface area contributed by atoms with Gasteiger partial charge < -0.3 is 21.3 Å². The second-order valence-corrected chi connectivity index (χ2v) is 6.89.